The summed E-state index contributed by atoms with van der Waals surface area (Å²) in [7, 11) is 0. The van der Waals surface area contributed by atoms with Crippen LogP contribution in [0.15, 0.2) is 24.3 Å². The monoisotopic (exact) mass is 492 g/mol. The molecule has 0 amide bonds. The second kappa shape index (κ2) is 19.0. The number of benzene rings is 1. The summed E-state index contributed by atoms with van der Waals surface area (Å²) in [6.45, 7) is 6.66. The number of aryl methyl sites for hydroxylation is 1. The fourth-order valence-electron chi connectivity index (χ4n) is 2.68. The van der Waals surface area contributed by atoms with E-state index in [0.717, 1.165) is 16.8 Å². The Morgan fingerprint density at radius 3 is 1.85 bits per heavy atom. The number of hydrogen-bond acceptors (Lipinski definition) is 4. The number of alkyl halides is 1. The lowest BCUT2D eigenvalue weighted by molar-refractivity contribution is 0.0120. The van der Waals surface area contributed by atoms with E-state index in [9.17, 15) is 0 Å². The molecular formula is C22H37IO4. The van der Waals surface area contributed by atoms with Crippen LogP contribution in [0.1, 0.15) is 51.0 Å². The van der Waals surface area contributed by atoms with Gasteiger partial charge in [-0.05, 0) is 30.5 Å². The first-order chi connectivity index (χ1) is 13.4. The van der Waals surface area contributed by atoms with Gasteiger partial charge >= 0.3 is 0 Å². The molecule has 0 atom stereocenters. The molecule has 0 bridgehead atoms. The van der Waals surface area contributed by atoms with Crippen LogP contribution in [0.25, 0.3) is 0 Å². The third-order valence-corrected chi connectivity index (χ3v) is 4.64. The number of ether oxygens (including phenoxy) is 4. The fourth-order valence-corrected chi connectivity index (χ4v) is 2.99. The van der Waals surface area contributed by atoms with E-state index in [1.54, 1.807) is 0 Å². The van der Waals surface area contributed by atoms with Gasteiger partial charge in [0.15, 0.2) is 0 Å². The second-order valence-electron chi connectivity index (χ2n) is 6.54. The SMILES string of the molecule is CCCCCCCCc1ccc(OCCOCCOCCOCCI)cc1. The first-order valence-corrected chi connectivity index (χ1v) is 11.9. The molecule has 156 valence electrons. The van der Waals surface area contributed by atoms with E-state index in [1.807, 2.05) is 0 Å². The molecule has 0 aromatic heterocycles. The third kappa shape index (κ3) is 15.3. The molecule has 0 heterocycles. The molecule has 27 heavy (non-hydrogen) atoms. The Balaban J connectivity index is 1.94. The number of halogens is 1. The highest BCUT2D eigenvalue weighted by atomic mass is 127. The maximum atomic E-state index is 5.72. The lowest BCUT2D eigenvalue weighted by Crippen LogP contribution is -2.13. The van der Waals surface area contributed by atoms with Gasteiger partial charge < -0.3 is 18.9 Å². The summed E-state index contributed by atoms with van der Waals surface area (Å²) < 4.78 is 23.0. The molecule has 1 rings (SSSR count). The molecule has 0 unspecified atom stereocenters. The van der Waals surface area contributed by atoms with Crippen molar-refractivity contribution in [3.8, 4) is 5.75 Å². The van der Waals surface area contributed by atoms with Crippen LogP contribution >= 0.6 is 22.6 Å². The minimum Gasteiger partial charge on any atom is -0.491 e. The van der Waals surface area contributed by atoms with Gasteiger partial charge in [-0.1, -0.05) is 73.8 Å². The van der Waals surface area contributed by atoms with Crippen LogP contribution in [0, 0.1) is 0 Å². The van der Waals surface area contributed by atoms with E-state index >= 15 is 0 Å². The van der Waals surface area contributed by atoms with Crippen molar-refractivity contribution in [1.29, 1.82) is 0 Å². The predicted molar refractivity (Wildman–Crippen MR) is 120 cm³/mol. The summed E-state index contributed by atoms with van der Waals surface area (Å²) in [6, 6.07) is 8.48. The predicted octanol–water partition coefficient (Wildman–Crippen LogP) is 5.45. The highest BCUT2D eigenvalue weighted by Gasteiger charge is 1.98. The third-order valence-electron chi connectivity index (χ3n) is 4.20. The molecular weight excluding hydrogens is 455 g/mol. The van der Waals surface area contributed by atoms with Crippen LogP contribution in [0.2, 0.25) is 0 Å². The fraction of sp³-hybridized carbons (Fsp3) is 0.727. The zero-order valence-electron chi connectivity index (χ0n) is 16.9. The largest absolute Gasteiger partial charge is 0.491 e. The van der Waals surface area contributed by atoms with Crippen LogP contribution in [0.3, 0.4) is 0 Å². The average Bonchev–Trinajstić information content (AvgIpc) is 2.70. The Hall–Kier alpha value is -0.370. The maximum Gasteiger partial charge on any atom is 0.119 e. The van der Waals surface area contributed by atoms with Gasteiger partial charge in [-0.15, -0.1) is 0 Å². The maximum absolute atomic E-state index is 5.72. The van der Waals surface area contributed by atoms with Crippen LogP contribution < -0.4 is 4.74 Å². The smallest absolute Gasteiger partial charge is 0.119 e. The molecule has 0 fully saturated rings. The van der Waals surface area contributed by atoms with Gasteiger partial charge in [0.05, 0.1) is 39.6 Å². The minimum atomic E-state index is 0.565. The quantitative estimate of drug-likeness (QED) is 0.146. The van der Waals surface area contributed by atoms with Crippen LogP contribution in [-0.4, -0.2) is 50.7 Å². The van der Waals surface area contributed by atoms with Crippen molar-refractivity contribution in [3.63, 3.8) is 0 Å². The number of unbranched alkanes of at least 4 members (excludes halogenated alkanes) is 5. The minimum absolute atomic E-state index is 0.565. The summed E-state index contributed by atoms with van der Waals surface area (Å²) >= 11 is 2.29. The molecule has 0 aliphatic carbocycles. The van der Waals surface area contributed by atoms with Crippen molar-refractivity contribution >= 4 is 22.6 Å². The Labute approximate surface area is 179 Å². The summed E-state index contributed by atoms with van der Waals surface area (Å²) in [4.78, 5) is 0. The van der Waals surface area contributed by atoms with Crippen LogP contribution in [-0.2, 0) is 20.6 Å². The first kappa shape index (κ1) is 24.7. The molecule has 5 heteroatoms. The van der Waals surface area contributed by atoms with Gasteiger partial charge in [-0.3, -0.25) is 0 Å². The van der Waals surface area contributed by atoms with E-state index < -0.39 is 0 Å². The zero-order chi connectivity index (χ0) is 19.4. The lowest BCUT2D eigenvalue weighted by Gasteiger charge is -2.09. The van der Waals surface area contributed by atoms with E-state index in [-0.39, 0.29) is 0 Å². The highest BCUT2D eigenvalue weighted by Crippen LogP contribution is 2.15. The Kier molecular flexibility index (Phi) is 17.3. The Morgan fingerprint density at radius 1 is 0.667 bits per heavy atom. The summed E-state index contributed by atoms with van der Waals surface area (Å²) in [5, 5.41) is 0. The van der Waals surface area contributed by atoms with Crippen LogP contribution in [0.4, 0.5) is 0 Å². The summed E-state index contributed by atoms with van der Waals surface area (Å²) in [5.41, 5.74) is 1.40. The van der Waals surface area contributed by atoms with Crippen molar-refractivity contribution in [2.75, 3.05) is 50.7 Å². The Morgan fingerprint density at radius 2 is 1.22 bits per heavy atom. The Bertz CT molecular complexity index is 425. The van der Waals surface area contributed by atoms with Crippen LogP contribution in [0.5, 0.6) is 5.75 Å². The summed E-state index contributed by atoms with van der Waals surface area (Å²) in [6.07, 6.45) is 9.22. The topological polar surface area (TPSA) is 36.9 Å². The van der Waals surface area contributed by atoms with Gasteiger partial charge in [-0.25, -0.2) is 0 Å². The van der Waals surface area contributed by atoms with Gasteiger partial charge in [0, 0.05) is 4.43 Å². The molecule has 4 nitrogen and oxygen atoms in total. The lowest BCUT2D eigenvalue weighted by atomic mass is 10.0. The van der Waals surface area contributed by atoms with Crippen molar-refractivity contribution in [2.45, 2.75) is 51.9 Å². The van der Waals surface area contributed by atoms with Gasteiger partial charge in [0.2, 0.25) is 0 Å². The van der Waals surface area contributed by atoms with E-state index in [4.69, 9.17) is 18.9 Å². The molecule has 0 spiro atoms. The number of hydrogen-bond donors (Lipinski definition) is 0. The molecule has 1 aromatic rings. The van der Waals surface area contributed by atoms with Gasteiger partial charge in [-0.2, -0.15) is 0 Å². The zero-order valence-corrected chi connectivity index (χ0v) is 19.1. The van der Waals surface area contributed by atoms with E-state index in [1.165, 1.54) is 50.5 Å². The van der Waals surface area contributed by atoms with E-state index in [2.05, 4.69) is 53.8 Å². The molecule has 0 saturated carbocycles. The summed E-state index contributed by atoms with van der Waals surface area (Å²) in [5.74, 6) is 0.911. The average molecular weight is 492 g/mol. The highest BCUT2D eigenvalue weighted by molar-refractivity contribution is 14.1. The molecule has 0 N–H and O–H groups in total. The molecule has 0 saturated heterocycles. The first-order valence-electron chi connectivity index (χ1n) is 10.4. The van der Waals surface area contributed by atoms with Gasteiger partial charge in [0.25, 0.3) is 0 Å². The molecule has 1 aromatic carbocycles. The molecule has 0 radical (unpaired) electrons. The standard InChI is InChI=1S/C22H37IO4/c1-2-3-4-5-6-7-8-21-9-11-22(12-10-21)27-20-19-26-18-17-25-16-15-24-14-13-23/h9-12H,2-8,13-20H2,1H3. The van der Waals surface area contributed by atoms with Crippen molar-refractivity contribution < 1.29 is 18.9 Å². The molecule has 0 aliphatic heterocycles. The molecule has 0 aliphatic rings. The van der Waals surface area contributed by atoms with Crippen molar-refractivity contribution in [1.82, 2.24) is 0 Å². The van der Waals surface area contributed by atoms with Gasteiger partial charge in [0.1, 0.15) is 12.4 Å². The van der Waals surface area contributed by atoms with Crippen molar-refractivity contribution in [2.24, 2.45) is 0 Å². The second-order valence-corrected chi connectivity index (χ2v) is 7.62. The normalized spacial score (nSPS) is 11.0. The van der Waals surface area contributed by atoms with Crippen molar-refractivity contribution in [3.05, 3.63) is 29.8 Å². The van der Waals surface area contributed by atoms with E-state index in [0.29, 0.717) is 39.6 Å². The number of rotatable bonds is 19.